The van der Waals surface area contributed by atoms with E-state index >= 15 is 0 Å². The van der Waals surface area contributed by atoms with Gasteiger partial charge in [-0.2, -0.15) is 0 Å². The molecule has 0 saturated carbocycles. The standard InChI is InChI=1S/C10H8ClNO2/c1-5-6(4-13)9-7(12-5)2-3-8(14)10(9)11/h2-4,12,14H,1H3. The Labute approximate surface area is 85.3 Å². The minimum Gasteiger partial charge on any atom is -0.506 e. The number of halogens is 1. The smallest absolute Gasteiger partial charge is 0.152 e. The van der Waals surface area contributed by atoms with Crippen LogP contribution < -0.4 is 0 Å². The van der Waals surface area contributed by atoms with Crippen LogP contribution >= 0.6 is 11.6 Å². The molecule has 0 atom stereocenters. The number of aromatic amines is 1. The molecule has 1 aromatic heterocycles. The molecule has 0 aliphatic carbocycles. The number of nitrogens with one attached hydrogen (secondary N) is 1. The number of aldehydes is 1. The Morgan fingerprint density at radius 1 is 1.50 bits per heavy atom. The van der Waals surface area contributed by atoms with Gasteiger partial charge in [-0.3, -0.25) is 4.79 Å². The lowest BCUT2D eigenvalue weighted by Gasteiger charge is -1.98. The fourth-order valence-corrected chi connectivity index (χ4v) is 1.80. The van der Waals surface area contributed by atoms with Crippen LogP contribution in [0.3, 0.4) is 0 Å². The molecule has 1 heterocycles. The number of H-pyrrole nitrogens is 1. The van der Waals surface area contributed by atoms with Crippen LogP contribution in [0.2, 0.25) is 5.02 Å². The largest absolute Gasteiger partial charge is 0.506 e. The van der Waals surface area contributed by atoms with E-state index in [1.54, 1.807) is 13.0 Å². The second kappa shape index (κ2) is 3.03. The Morgan fingerprint density at radius 3 is 2.86 bits per heavy atom. The van der Waals surface area contributed by atoms with Gasteiger partial charge in [0.15, 0.2) is 6.29 Å². The molecule has 0 bridgehead atoms. The second-order valence-corrected chi connectivity index (χ2v) is 3.48. The van der Waals surface area contributed by atoms with Crippen LogP contribution in [0.15, 0.2) is 12.1 Å². The van der Waals surface area contributed by atoms with Crippen molar-refractivity contribution < 1.29 is 9.90 Å². The topological polar surface area (TPSA) is 53.1 Å². The summed E-state index contributed by atoms with van der Waals surface area (Å²) < 4.78 is 0. The Hall–Kier alpha value is -1.48. The third kappa shape index (κ3) is 1.09. The van der Waals surface area contributed by atoms with Crippen LogP contribution in [0.5, 0.6) is 5.75 Å². The molecule has 2 rings (SSSR count). The molecule has 4 heteroatoms. The van der Waals surface area contributed by atoms with Crippen LogP contribution in [-0.4, -0.2) is 16.4 Å². The van der Waals surface area contributed by atoms with Crippen molar-refractivity contribution in [1.29, 1.82) is 0 Å². The quantitative estimate of drug-likeness (QED) is 0.710. The first-order chi connectivity index (χ1) is 6.65. The third-order valence-electron chi connectivity index (χ3n) is 2.23. The molecule has 0 aliphatic heterocycles. The lowest BCUT2D eigenvalue weighted by atomic mass is 10.1. The molecule has 14 heavy (non-hydrogen) atoms. The third-order valence-corrected chi connectivity index (χ3v) is 2.62. The molecule has 0 amide bonds. The Balaban J connectivity index is 2.97. The summed E-state index contributed by atoms with van der Waals surface area (Å²) >= 11 is 5.89. The molecule has 0 spiro atoms. The summed E-state index contributed by atoms with van der Waals surface area (Å²) in [5.41, 5.74) is 2.01. The highest BCUT2D eigenvalue weighted by molar-refractivity contribution is 6.38. The molecule has 2 aromatic rings. The summed E-state index contributed by atoms with van der Waals surface area (Å²) in [4.78, 5) is 13.8. The van der Waals surface area contributed by atoms with Crippen molar-refractivity contribution >= 4 is 28.8 Å². The number of hydrogen-bond donors (Lipinski definition) is 2. The van der Waals surface area contributed by atoms with E-state index in [0.29, 0.717) is 10.9 Å². The minimum atomic E-state index is -0.0127. The summed E-state index contributed by atoms with van der Waals surface area (Å²) in [6, 6.07) is 3.19. The van der Waals surface area contributed by atoms with E-state index in [0.717, 1.165) is 17.5 Å². The molecule has 0 fully saturated rings. The van der Waals surface area contributed by atoms with Crippen molar-refractivity contribution in [1.82, 2.24) is 4.98 Å². The van der Waals surface area contributed by atoms with E-state index < -0.39 is 0 Å². The monoisotopic (exact) mass is 209 g/mol. The highest BCUT2D eigenvalue weighted by Gasteiger charge is 2.13. The van der Waals surface area contributed by atoms with Gasteiger partial charge in [-0.1, -0.05) is 11.6 Å². The molecule has 72 valence electrons. The highest BCUT2D eigenvalue weighted by atomic mass is 35.5. The molecular formula is C10H8ClNO2. The molecule has 3 nitrogen and oxygen atoms in total. The molecular weight excluding hydrogens is 202 g/mol. The summed E-state index contributed by atoms with van der Waals surface area (Å²) in [5, 5.41) is 10.2. The van der Waals surface area contributed by atoms with E-state index in [4.69, 9.17) is 11.6 Å². The molecule has 1 aromatic carbocycles. The van der Waals surface area contributed by atoms with Crippen molar-refractivity contribution in [3.8, 4) is 5.75 Å². The van der Waals surface area contributed by atoms with Gasteiger partial charge in [0.05, 0.1) is 5.02 Å². The summed E-state index contributed by atoms with van der Waals surface area (Å²) in [7, 11) is 0. The van der Waals surface area contributed by atoms with Gasteiger partial charge in [0, 0.05) is 22.2 Å². The van der Waals surface area contributed by atoms with Gasteiger partial charge in [-0.15, -0.1) is 0 Å². The van der Waals surface area contributed by atoms with Crippen LogP contribution in [0.1, 0.15) is 16.1 Å². The van der Waals surface area contributed by atoms with Gasteiger partial charge < -0.3 is 10.1 Å². The van der Waals surface area contributed by atoms with Crippen molar-refractivity contribution in [2.24, 2.45) is 0 Å². The van der Waals surface area contributed by atoms with E-state index in [9.17, 15) is 9.90 Å². The average molecular weight is 210 g/mol. The Morgan fingerprint density at radius 2 is 2.21 bits per heavy atom. The average Bonchev–Trinajstić information content (AvgIpc) is 2.48. The van der Waals surface area contributed by atoms with Crippen molar-refractivity contribution in [3.63, 3.8) is 0 Å². The number of aromatic hydroxyl groups is 1. The second-order valence-electron chi connectivity index (χ2n) is 3.10. The number of aryl methyl sites for hydroxylation is 1. The Kier molecular flexibility index (Phi) is 1.97. The van der Waals surface area contributed by atoms with Crippen LogP contribution in [0, 0.1) is 6.92 Å². The number of rotatable bonds is 1. The normalized spacial score (nSPS) is 10.7. The van der Waals surface area contributed by atoms with Crippen LogP contribution in [0.25, 0.3) is 10.9 Å². The zero-order valence-electron chi connectivity index (χ0n) is 7.47. The fraction of sp³-hybridized carbons (Fsp3) is 0.100. The number of carbonyl (C=O) groups is 1. The van der Waals surface area contributed by atoms with Gasteiger partial charge >= 0.3 is 0 Å². The van der Waals surface area contributed by atoms with Crippen LogP contribution in [0.4, 0.5) is 0 Å². The number of phenolic OH excluding ortho intramolecular Hbond substituents is 1. The van der Waals surface area contributed by atoms with E-state index in [-0.39, 0.29) is 10.8 Å². The lowest BCUT2D eigenvalue weighted by molar-refractivity contribution is 0.112. The van der Waals surface area contributed by atoms with Gasteiger partial charge in [0.2, 0.25) is 0 Å². The maximum atomic E-state index is 10.8. The maximum Gasteiger partial charge on any atom is 0.152 e. The highest BCUT2D eigenvalue weighted by Crippen LogP contribution is 2.34. The lowest BCUT2D eigenvalue weighted by Crippen LogP contribution is -1.81. The van der Waals surface area contributed by atoms with Crippen molar-refractivity contribution in [2.45, 2.75) is 6.92 Å². The summed E-state index contributed by atoms with van der Waals surface area (Å²) in [6.45, 7) is 1.79. The number of phenols is 1. The first kappa shape index (κ1) is 9.09. The van der Waals surface area contributed by atoms with Gasteiger partial charge in [-0.25, -0.2) is 0 Å². The zero-order chi connectivity index (χ0) is 10.3. The minimum absolute atomic E-state index is 0.0127. The molecule has 0 saturated heterocycles. The van der Waals surface area contributed by atoms with Gasteiger partial charge in [-0.05, 0) is 19.1 Å². The SMILES string of the molecule is Cc1[nH]c2ccc(O)c(Cl)c2c1C=O. The van der Waals surface area contributed by atoms with Crippen molar-refractivity contribution in [2.75, 3.05) is 0 Å². The van der Waals surface area contributed by atoms with E-state index in [2.05, 4.69) is 4.98 Å². The predicted octanol–water partition coefficient (Wildman–Crippen LogP) is 2.65. The summed E-state index contributed by atoms with van der Waals surface area (Å²) in [5.74, 6) is -0.0127. The summed E-state index contributed by atoms with van der Waals surface area (Å²) in [6.07, 6.45) is 0.736. The zero-order valence-corrected chi connectivity index (χ0v) is 8.22. The number of aromatic nitrogens is 1. The van der Waals surface area contributed by atoms with Gasteiger partial charge in [0.25, 0.3) is 0 Å². The van der Waals surface area contributed by atoms with E-state index in [1.807, 2.05) is 0 Å². The number of hydrogen-bond acceptors (Lipinski definition) is 2. The van der Waals surface area contributed by atoms with Gasteiger partial charge in [0.1, 0.15) is 5.75 Å². The molecule has 0 radical (unpaired) electrons. The first-order valence-corrected chi connectivity index (χ1v) is 4.48. The first-order valence-electron chi connectivity index (χ1n) is 4.10. The van der Waals surface area contributed by atoms with Crippen molar-refractivity contribution in [3.05, 3.63) is 28.4 Å². The predicted molar refractivity (Wildman–Crippen MR) is 55.1 cm³/mol. The van der Waals surface area contributed by atoms with Crippen LogP contribution in [-0.2, 0) is 0 Å². The molecule has 0 unspecified atom stereocenters. The fourth-order valence-electron chi connectivity index (χ4n) is 1.54. The maximum absolute atomic E-state index is 10.8. The number of benzene rings is 1. The molecule has 0 aliphatic rings. The van der Waals surface area contributed by atoms with E-state index in [1.165, 1.54) is 6.07 Å². The number of carbonyl (C=O) groups excluding carboxylic acids is 1. The molecule has 2 N–H and O–H groups in total. The Bertz CT molecular complexity index is 516. The number of fused-ring (bicyclic) bond motifs is 1.